The molecule has 2 amide bonds. The van der Waals surface area contributed by atoms with Crippen molar-refractivity contribution in [2.45, 2.75) is 57.7 Å². The van der Waals surface area contributed by atoms with Crippen molar-refractivity contribution in [1.29, 1.82) is 0 Å². The molecular weight excluding hydrogens is 408 g/mol. The van der Waals surface area contributed by atoms with Crippen LogP contribution in [0.15, 0.2) is 41.5 Å². The van der Waals surface area contributed by atoms with E-state index in [1.54, 1.807) is 6.20 Å². The van der Waals surface area contributed by atoms with E-state index in [0.717, 1.165) is 17.1 Å². The van der Waals surface area contributed by atoms with E-state index in [9.17, 15) is 9.59 Å². The van der Waals surface area contributed by atoms with Crippen LogP contribution in [0.4, 0.5) is 0 Å². The van der Waals surface area contributed by atoms with E-state index < -0.39 is 18.0 Å². The number of imidazole rings is 1. The van der Waals surface area contributed by atoms with Crippen molar-refractivity contribution >= 4 is 17.8 Å². The number of aliphatic imine (C=N–C) groups is 1. The molecule has 0 aliphatic carbocycles. The van der Waals surface area contributed by atoms with Crippen molar-refractivity contribution in [3.8, 4) is 0 Å². The summed E-state index contributed by atoms with van der Waals surface area (Å²) in [5.41, 5.74) is 18.5. The minimum atomic E-state index is -0.822. The van der Waals surface area contributed by atoms with Crippen LogP contribution in [0.2, 0.25) is 0 Å². The second-order valence-corrected chi connectivity index (χ2v) is 7.97. The number of aromatic amines is 1. The van der Waals surface area contributed by atoms with E-state index in [1.807, 2.05) is 44.2 Å². The zero-order valence-corrected chi connectivity index (χ0v) is 18.7. The first-order valence-electron chi connectivity index (χ1n) is 10.7. The largest absolute Gasteiger partial charge is 0.370 e. The molecule has 0 saturated carbocycles. The summed E-state index contributed by atoms with van der Waals surface area (Å²) in [6.45, 7) is 4.77. The molecule has 10 nitrogen and oxygen atoms in total. The molecule has 1 aromatic heterocycles. The third-order valence-electron chi connectivity index (χ3n) is 4.86. The Hall–Kier alpha value is -3.40. The fourth-order valence-corrected chi connectivity index (χ4v) is 3.06. The van der Waals surface area contributed by atoms with Gasteiger partial charge in [-0.25, -0.2) is 4.98 Å². The van der Waals surface area contributed by atoms with Crippen molar-refractivity contribution in [2.24, 2.45) is 22.2 Å². The van der Waals surface area contributed by atoms with Gasteiger partial charge in [-0.3, -0.25) is 14.6 Å². The Morgan fingerprint density at radius 2 is 1.88 bits per heavy atom. The molecule has 0 spiro atoms. The van der Waals surface area contributed by atoms with Crippen molar-refractivity contribution in [3.63, 3.8) is 0 Å². The van der Waals surface area contributed by atoms with Gasteiger partial charge < -0.3 is 32.8 Å². The van der Waals surface area contributed by atoms with Gasteiger partial charge >= 0.3 is 0 Å². The zero-order chi connectivity index (χ0) is 23.5. The van der Waals surface area contributed by atoms with Crippen molar-refractivity contribution in [1.82, 2.24) is 20.6 Å². The number of H-pyrrole nitrogens is 1. The van der Waals surface area contributed by atoms with Crippen LogP contribution >= 0.6 is 0 Å². The molecule has 0 radical (unpaired) electrons. The molecule has 9 N–H and O–H groups in total. The van der Waals surface area contributed by atoms with Gasteiger partial charge in [-0.2, -0.15) is 0 Å². The molecule has 32 heavy (non-hydrogen) atoms. The molecular formula is C22H34N8O2. The third kappa shape index (κ3) is 8.38. The van der Waals surface area contributed by atoms with Gasteiger partial charge in [0.05, 0.1) is 6.04 Å². The number of carbonyl (C=O) groups excluding carboxylic acids is 2. The predicted octanol–water partition coefficient (Wildman–Crippen LogP) is 0.258. The van der Waals surface area contributed by atoms with E-state index in [-0.39, 0.29) is 24.2 Å². The van der Waals surface area contributed by atoms with E-state index in [4.69, 9.17) is 17.2 Å². The molecule has 10 heteroatoms. The number of guanidine groups is 1. The van der Waals surface area contributed by atoms with Crippen LogP contribution in [0.5, 0.6) is 0 Å². The Morgan fingerprint density at radius 1 is 1.16 bits per heavy atom. The summed E-state index contributed by atoms with van der Waals surface area (Å²) in [5, 5.41) is 5.63. The van der Waals surface area contributed by atoms with Gasteiger partial charge in [0, 0.05) is 37.3 Å². The van der Waals surface area contributed by atoms with E-state index in [2.05, 4.69) is 25.6 Å². The maximum Gasteiger partial charge on any atom is 0.242 e. The summed E-state index contributed by atoms with van der Waals surface area (Å²) in [6, 6.07) is 7.96. The lowest BCUT2D eigenvalue weighted by Crippen LogP contribution is -2.52. The standard InChI is InChI=1S/C22H34N8O2/c1-14(2)19-27-13-16(29-19)11-17(23)20(31)30-18(9-6-10-26-22(24)25)21(32)28-12-15-7-4-3-5-8-15/h3-5,7-8,13-14,17-18H,6,9-12,23H2,1-2H3,(H,27,29)(H,28,32)(H,30,31)(H4,24,25,26)/t17-,18-/m0/s1. The topological polar surface area (TPSA) is 177 Å². The summed E-state index contributed by atoms with van der Waals surface area (Å²) in [5.74, 6) is 0.374. The number of aromatic nitrogens is 2. The minimum Gasteiger partial charge on any atom is -0.370 e. The Kier molecular flexibility index (Phi) is 9.68. The Balaban J connectivity index is 1.96. The van der Waals surface area contributed by atoms with Gasteiger partial charge in [-0.1, -0.05) is 44.2 Å². The fraction of sp³-hybridized carbons (Fsp3) is 0.455. The van der Waals surface area contributed by atoms with Crippen molar-refractivity contribution < 1.29 is 9.59 Å². The minimum absolute atomic E-state index is 0.0125. The molecule has 0 unspecified atom stereocenters. The molecule has 2 aromatic rings. The number of hydrogen-bond acceptors (Lipinski definition) is 5. The first kappa shape index (κ1) is 24.9. The summed E-state index contributed by atoms with van der Waals surface area (Å²) in [4.78, 5) is 36.9. The van der Waals surface area contributed by atoms with Gasteiger partial charge in [0.15, 0.2) is 5.96 Å². The lowest BCUT2D eigenvalue weighted by Gasteiger charge is -2.20. The number of amides is 2. The number of benzene rings is 1. The summed E-state index contributed by atoms with van der Waals surface area (Å²) >= 11 is 0. The van der Waals surface area contributed by atoms with E-state index in [1.165, 1.54) is 0 Å². The molecule has 0 aliphatic rings. The van der Waals surface area contributed by atoms with Gasteiger partial charge in [-0.15, -0.1) is 0 Å². The normalized spacial score (nSPS) is 12.8. The molecule has 1 heterocycles. The van der Waals surface area contributed by atoms with E-state index >= 15 is 0 Å². The van der Waals surface area contributed by atoms with Gasteiger partial charge in [0.25, 0.3) is 0 Å². The first-order chi connectivity index (χ1) is 15.3. The SMILES string of the molecule is CC(C)c1ncc(C[C@H](N)C(=O)N[C@@H](CCCN=C(N)N)C(=O)NCc2ccccc2)[nH]1. The van der Waals surface area contributed by atoms with Crippen LogP contribution in [0.1, 0.15) is 49.7 Å². The number of hydrogen-bond donors (Lipinski definition) is 6. The number of nitrogens with two attached hydrogens (primary N) is 3. The Bertz CT molecular complexity index is 890. The molecule has 0 aliphatic heterocycles. The van der Waals surface area contributed by atoms with Crippen molar-refractivity contribution in [2.75, 3.05) is 6.54 Å². The van der Waals surface area contributed by atoms with Crippen LogP contribution < -0.4 is 27.8 Å². The van der Waals surface area contributed by atoms with E-state index in [0.29, 0.717) is 25.9 Å². The fourth-order valence-electron chi connectivity index (χ4n) is 3.06. The quantitative estimate of drug-likeness (QED) is 0.156. The van der Waals surface area contributed by atoms with Crippen LogP contribution in [0.25, 0.3) is 0 Å². The highest BCUT2D eigenvalue weighted by atomic mass is 16.2. The second kappa shape index (κ2) is 12.5. The van der Waals surface area contributed by atoms with Crippen LogP contribution in [0.3, 0.4) is 0 Å². The highest BCUT2D eigenvalue weighted by Gasteiger charge is 2.24. The maximum atomic E-state index is 12.8. The third-order valence-corrected chi connectivity index (χ3v) is 4.86. The lowest BCUT2D eigenvalue weighted by molar-refractivity contribution is -0.129. The average molecular weight is 443 g/mol. The average Bonchev–Trinajstić information content (AvgIpc) is 3.23. The van der Waals surface area contributed by atoms with Crippen LogP contribution in [-0.2, 0) is 22.6 Å². The van der Waals surface area contributed by atoms with Crippen LogP contribution in [0, 0.1) is 0 Å². The number of rotatable bonds is 12. The first-order valence-corrected chi connectivity index (χ1v) is 10.7. The second-order valence-electron chi connectivity index (χ2n) is 7.97. The molecule has 1 aromatic carbocycles. The summed E-state index contributed by atoms with van der Waals surface area (Å²) in [7, 11) is 0. The summed E-state index contributed by atoms with van der Waals surface area (Å²) < 4.78 is 0. The predicted molar refractivity (Wildman–Crippen MR) is 124 cm³/mol. The Labute approximate surface area is 188 Å². The monoisotopic (exact) mass is 442 g/mol. The molecule has 174 valence electrons. The highest BCUT2D eigenvalue weighted by Crippen LogP contribution is 2.10. The number of carbonyl (C=O) groups is 2. The van der Waals surface area contributed by atoms with Crippen molar-refractivity contribution in [3.05, 3.63) is 53.6 Å². The number of nitrogens with zero attached hydrogens (tertiary/aromatic N) is 2. The molecule has 0 bridgehead atoms. The smallest absolute Gasteiger partial charge is 0.242 e. The molecule has 2 atom stereocenters. The zero-order valence-electron chi connectivity index (χ0n) is 18.7. The maximum absolute atomic E-state index is 12.8. The number of nitrogens with one attached hydrogen (secondary N) is 3. The van der Waals surface area contributed by atoms with Gasteiger partial charge in [-0.05, 0) is 18.4 Å². The highest BCUT2D eigenvalue weighted by molar-refractivity contribution is 5.89. The van der Waals surface area contributed by atoms with Gasteiger partial charge in [0.1, 0.15) is 11.9 Å². The summed E-state index contributed by atoms with van der Waals surface area (Å²) in [6.07, 6.45) is 2.87. The Morgan fingerprint density at radius 3 is 2.50 bits per heavy atom. The van der Waals surface area contributed by atoms with Crippen LogP contribution in [-0.4, -0.2) is 46.4 Å². The molecule has 0 fully saturated rings. The molecule has 0 saturated heterocycles. The molecule has 2 rings (SSSR count). The van der Waals surface area contributed by atoms with Gasteiger partial charge in [0.2, 0.25) is 11.8 Å². The lowest BCUT2D eigenvalue weighted by atomic mass is 10.1.